The zero-order chi connectivity index (χ0) is 19.6. The van der Waals surface area contributed by atoms with Gasteiger partial charge in [0.15, 0.2) is 0 Å². The van der Waals surface area contributed by atoms with Crippen molar-refractivity contribution in [2.75, 3.05) is 26.7 Å². The van der Waals surface area contributed by atoms with Crippen LogP contribution >= 0.6 is 0 Å². The summed E-state index contributed by atoms with van der Waals surface area (Å²) in [4.78, 5) is 28.8. The Hall–Kier alpha value is -2.56. The van der Waals surface area contributed by atoms with E-state index in [1.807, 2.05) is 47.2 Å². The molecule has 2 aliphatic heterocycles. The predicted octanol–water partition coefficient (Wildman–Crippen LogP) is 3.47. The second kappa shape index (κ2) is 7.82. The highest BCUT2D eigenvalue weighted by molar-refractivity contribution is 5.80. The van der Waals surface area contributed by atoms with Crippen LogP contribution in [0, 0.1) is 5.41 Å². The van der Waals surface area contributed by atoms with E-state index in [1.54, 1.807) is 6.26 Å². The number of benzene rings is 1. The lowest BCUT2D eigenvalue weighted by Gasteiger charge is -2.39. The number of furan rings is 1. The van der Waals surface area contributed by atoms with Crippen LogP contribution in [0.2, 0.25) is 0 Å². The lowest BCUT2D eigenvalue weighted by molar-refractivity contribution is -0.134. The number of carbonyl (C=O) groups excluding carboxylic acids is 2. The molecule has 5 nitrogen and oxygen atoms in total. The van der Waals surface area contributed by atoms with Crippen LogP contribution in [0.4, 0.5) is 0 Å². The zero-order valence-electron chi connectivity index (χ0n) is 16.5. The summed E-state index contributed by atoms with van der Waals surface area (Å²) in [6.07, 6.45) is 5.38. The van der Waals surface area contributed by atoms with Gasteiger partial charge in [-0.2, -0.15) is 0 Å². The van der Waals surface area contributed by atoms with E-state index in [0.29, 0.717) is 12.8 Å². The first kappa shape index (κ1) is 18.8. The van der Waals surface area contributed by atoms with Crippen LogP contribution in [0.5, 0.6) is 0 Å². The van der Waals surface area contributed by atoms with E-state index in [-0.39, 0.29) is 23.1 Å². The Morgan fingerprint density at radius 2 is 1.89 bits per heavy atom. The van der Waals surface area contributed by atoms with E-state index in [9.17, 15) is 9.59 Å². The highest BCUT2D eigenvalue weighted by Gasteiger charge is 2.44. The summed E-state index contributed by atoms with van der Waals surface area (Å²) in [6, 6.07) is 14.1. The number of amides is 2. The summed E-state index contributed by atoms with van der Waals surface area (Å²) >= 11 is 0. The molecule has 2 fully saturated rings. The van der Waals surface area contributed by atoms with Crippen molar-refractivity contribution < 1.29 is 14.0 Å². The van der Waals surface area contributed by atoms with Crippen molar-refractivity contribution in [1.82, 2.24) is 9.80 Å². The molecule has 2 saturated heterocycles. The molecule has 0 N–H and O–H groups in total. The summed E-state index contributed by atoms with van der Waals surface area (Å²) in [5, 5.41) is 0. The summed E-state index contributed by atoms with van der Waals surface area (Å²) in [7, 11) is 1.88. The number of rotatable bonds is 5. The third-order valence-corrected chi connectivity index (χ3v) is 6.39. The predicted molar refractivity (Wildman–Crippen MR) is 107 cm³/mol. The van der Waals surface area contributed by atoms with Gasteiger partial charge in [-0.25, -0.2) is 0 Å². The lowest BCUT2D eigenvalue weighted by atomic mass is 9.77. The van der Waals surface area contributed by atoms with Crippen LogP contribution in [-0.4, -0.2) is 48.3 Å². The molecule has 2 aromatic rings. The van der Waals surface area contributed by atoms with E-state index >= 15 is 0 Å². The average Bonchev–Trinajstić information content (AvgIpc) is 3.31. The van der Waals surface area contributed by atoms with Crippen LogP contribution in [-0.2, 0) is 16.0 Å². The Morgan fingerprint density at radius 1 is 1.14 bits per heavy atom. The molecule has 5 heteroatoms. The molecule has 2 aliphatic rings. The van der Waals surface area contributed by atoms with E-state index in [0.717, 1.165) is 44.7 Å². The van der Waals surface area contributed by atoms with Crippen molar-refractivity contribution in [2.45, 2.75) is 38.0 Å². The molecule has 0 aliphatic carbocycles. The second-order valence-electron chi connectivity index (χ2n) is 8.41. The van der Waals surface area contributed by atoms with Crippen molar-refractivity contribution in [3.05, 3.63) is 60.1 Å². The number of hydrogen-bond acceptors (Lipinski definition) is 3. The molecule has 1 spiro atoms. The van der Waals surface area contributed by atoms with Gasteiger partial charge in [0.25, 0.3) is 0 Å². The number of carbonyl (C=O) groups is 2. The van der Waals surface area contributed by atoms with Crippen molar-refractivity contribution in [3.63, 3.8) is 0 Å². The molecule has 148 valence electrons. The van der Waals surface area contributed by atoms with Gasteiger partial charge in [0.1, 0.15) is 5.76 Å². The summed E-state index contributed by atoms with van der Waals surface area (Å²) < 4.78 is 5.64. The van der Waals surface area contributed by atoms with Gasteiger partial charge in [-0.15, -0.1) is 0 Å². The molecule has 0 bridgehead atoms. The Bertz CT molecular complexity index is 808. The molecule has 1 atom stereocenters. The van der Waals surface area contributed by atoms with E-state index in [2.05, 4.69) is 12.1 Å². The fraction of sp³-hybridized carbons (Fsp3) is 0.478. The van der Waals surface area contributed by atoms with Crippen molar-refractivity contribution >= 4 is 11.8 Å². The van der Waals surface area contributed by atoms with Crippen LogP contribution in [0.1, 0.15) is 42.9 Å². The van der Waals surface area contributed by atoms with Crippen molar-refractivity contribution in [1.29, 1.82) is 0 Å². The van der Waals surface area contributed by atoms with Crippen molar-refractivity contribution in [2.24, 2.45) is 5.41 Å². The maximum atomic E-state index is 13.0. The Labute approximate surface area is 166 Å². The highest BCUT2D eigenvalue weighted by Crippen LogP contribution is 2.40. The summed E-state index contributed by atoms with van der Waals surface area (Å²) in [6.45, 7) is 2.32. The maximum absolute atomic E-state index is 13.0. The third-order valence-electron chi connectivity index (χ3n) is 6.39. The first-order valence-corrected chi connectivity index (χ1v) is 10.1. The quantitative estimate of drug-likeness (QED) is 0.798. The molecule has 2 amide bonds. The van der Waals surface area contributed by atoms with E-state index < -0.39 is 0 Å². The van der Waals surface area contributed by atoms with Crippen LogP contribution in [0.3, 0.4) is 0 Å². The molecular weight excluding hydrogens is 352 g/mol. The summed E-state index contributed by atoms with van der Waals surface area (Å²) in [5.74, 6) is 1.33. The van der Waals surface area contributed by atoms with E-state index in [1.165, 1.54) is 5.56 Å². The standard InChI is InChI=1S/C23H28N2O3/c1-24-17-23(16-22(24)27)9-11-25(12-10-23)21(26)15-19(20-8-5-13-28-20)14-18-6-3-2-4-7-18/h2-8,13,19H,9-12,14-17H2,1H3. The third kappa shape index (κ3) is 3.98. The fourth-order valence-corrected chi connectivity index (χ4v) is 4.70. The van der Waals surface area contributed by atoms with Gasteiger partial charge in [0.2, 0.25) is 11.8 Å². The van der Waals surface area contributed by atoms with Crippen LogP contribution in [0.15, 0.2) is 53.1 Å². The smallest absolute Gasteiger partial charge is 0.223 e. The molecule has 1 unspecified atom stereocenters. The Morgan fingerprint density at radius 3 is 2.50 bits per heavy atom. The minimum Gasteiger partial charge on any atom is -0.469 e. The van der Waals surface area contributed by atoms with Gasteiger partial charge < -0.3 is 14.2 Å². The molecule has 3 heterocycles. The normalized spacial score (nSPS) is 20.0. The summed E-state index contributed by atoms with van der Waals surface area (Å²) in [5.41, 5.74) is 1.29. The van der Waals surface area contributed by atoms with Crippen molar-refractivity contribution in [3.8, 4) is 0 Å². The minimum atomic E-state index is 0.0416. The zero-order valence-corrected chi connectivity index (χ0v) is 16.5. The van der Waals surface area contributed by atoms with E-state index in [4.69, 9.17) is 4.42 Å². The molecule has 0 saturated carbocycles. The first-order valence-electron chi connectivity index (χ1n) is 10.1. The first-order chi connectivity index (χ1) is 13.5. The number of hydrogen-bond donors (Lipinski definition) is 0. The van der Waals surface area contributed by atoms with Gasteiger partial charge >= 0.3 is 0 Å². The fourth-order valence-electron chi connectivity index (χ4n) is 4.70. The largest absolute Gasteiger partial charge is 0.469 e. The monoisotopic (exact) mass is 380 g/mol. The number of piperidine rings is 1. The number of nitrogens with zero attached hydrogens (tertiary/aromatic N) is 2. The van der Waals surface area contributed by atoms with Gasteiger partial charge in [-0.3, -0.25) is 9.59 Å². The molecule has 0 radical (unpaired) electrons. The minimum absolute atomic E-state index is 0.0416. The Balaban J connectivity index is 1.39. The number of likely N-dealkylation sites (tertiary alicyclic amines) is 2. The van der Waals surface area contributed by atoms with Gasteiger partial charge in [-0.1, -0.05) is 30.3 Å². The van der Waals surface area contributed by atoms with Crippen LogP contribution < -0.4 is 0 Å². The Kier molecular flexibility index (Phi) is 5.25. The molecular formula is C23H28N2O3. The molecule has 1 aromatic heterocycles. The van der Waals surface area contributed by atoms with Gasteiger partial charge in [0, 0.05) is 50.9 Å². The van der Waals surface area contributed by atoms with Crippen LogP contribution in [0.25, 0.3) is 0 Å². The molecule has 28 heavy (non-hydrogen) atoms. The molecule has 4 rings (SSSR count). The van der Waals surface area contributed by atoms with Gasteiger partial charge in [-0.05, 0) is 37.0 Å². The second-order valence-corrected chi connectivity index (χ2v) is 8.41. The topological polar surface area (TPSA) is 53.8 Å². The van der Waals surface area contributed by atoms with Gasteiger partial charge in [0.05, 0.1) is 6.26 Å². The lowest BCUT2D eigenvalue weighted by Crippen LogP contribution is -2.44. The highest BCUT2D eigenvalue weighted by atomic mass is 16.3. The molecule has 1 aromatic carbocycles. The SMILES string of the molecule is CN1CC2(CCN(C(=O)CC(Cc3ccccc3)c3ccco3)CC2)CC1=O. The average molecular weight is 380 g/mol. The maximum Gasteiger partial charge on any atom is 0.223 e.